The SMILES string of the molecule is CC(=O)Oc1cc(Cl)c(Oc2ccc(NC(=O)C(C)Cl)c(Br)c2)c(Cl)c1. The molecule has 9 heteroatoms. The summed E-state index contributed by atoms with van der Waals surface area (Å²) in [5.74, 6) is 0.0428. The van der Waals surface area contributed by atoms with Gasteiger partial charge < -0.3 is 14.8 Å². The molecule has 2 aromatic carbocycles. The molecule has 0 radical (unpaired) electrons. The lowest BCUT2D eigenvalue weighted by molar-refractivity contribution is -0.131. The Labute approximate surface area is 173 Å². The van der Waals surface area contributed by atoms with Crippen molar-refractivity contribution in [3.63, 3.8) is 0 Å². The second kappa shape index (κ2) is 8.95. The fourth-order valence-corrected chi connectivity index (χ4v) is 2.93. The van der Waals surface area contributed by atoms with Crippen LogP contribution in [0.1, 0.15) is 13.8 Å². The van der Waals surface area contributed by atoms with Crippen LogP contribution in [0.25, 0.3) is 0 Å². The first-order valence-electron chi connectivity index (χ1n) is 7.27. The Morgan fingerprint density at radius 3 is 2.23 bits per heavy atom. The number of hydrogen-bond donors (Lipinski definition) is 1. The van der Waals surface area contributed by atoms with Gasteiger partial charge in [0.25, 0.3) is 0 Å². The van der Waals surface area contributed by atoms with Crippen molar-refractivity contribution in [3.05, 3.63) is 44.8 Å². The minimum atomic E-state index is -0.661. The highest BCUT2D eigenvalue weighted by atomic mass is 79.9. The first-order valence-corrected chi connectivity index (χ1v) is 9.25. The Kier molecular flexibility index (Phi) is 7.17. The van der Waals surface area contributed by atoms with Crippen molar-refractivity contribution in [1.29, 1.82) is 0 Å². The van der Waals surface area contributed by atoms with Crippen molar-refractivity contribution in [2.24, 2.45) is 0 Å². The van der Waals surface area contributed by atoms with Gasteiger partial charge >= 0.3 is 5.97 Å². The minimum Gasteiger partial charge on any atom is -0.454 e. The maximum atomic E-state index is 11.7. The van der Waals surface area contributed by atoms with E-state index in [0.29, 0.717) is 15.9 Å². The quantitative estimate of drug-likeness (QED) is 0.321. The molecular formula is C17H13BrCl3NO4. The molecule has 1 N–H and O–H groups in total. The van der Waals surface area contributed by atoms with E-state index < -0.39 is 11.3 Å². The molecule has 1 amide bonds. The summed E-state index contributed by atoms with van der Waals surface area (Å²) in [6.07, 6.45) is 0. The predicted molar refractivity (Wildman–Crippen MR) is 106 cm³/mol. The molecule has 1 unspecified atom stereocenters. The van der Waals surface area contributed by atoms with Crippen LogP contribution in [0.5, 0.6) is 17.2 Å². The van der Waals surface area contributed by atoms with Crippen LogP contribution >= 0.6 is 50.7 Å². The number of nitrogens with one attached hydrogen (secondary N) is 1. The lowest BCUT2D eigenvalue weighted by atomic mass is 10.2. The third-order valence-corrected chi connectivity index (χ3v) is 4.43. The minimum absolute atomic E-state index is 0.179. The fraction of sp³-hybridized carbons (Fsp3) is 0.176. The van der Waals surface area contributed by atoms with Crippen LogP contribution in [0.3, 0.4) is 0 Å². The molecule has 0 bridgehead atoms. The van der Waals surface area contributed by atoms with Crippen LogP contribution in [0, 0.1) is 0 Å². The topological polar surface area (TPSA) is 64.6 Å². The van der Waals surface area contributed by atoms with E-state index in [2.05, 4.69) is 21.2 Å². The van der Waals surface area contributed by atoms with Crippen molar-refractivity contribution < 1.29 is 19.1 Å². The van der Waals surface area contributed by atoms with E-state index in [-0.39, 0.29) is 27.5 Å². The molecule has 0 saturated carbocycles. The summed E-state index contributed by atoms with van der Waals surface area (Å²) in [6.45, 7) is 2.85. The molecule has 0 aromatic heterocycles. The normalized spacial score (nSPS) is 11.6. The largest absolute Gasteiger partial charge is 0.454 e. The van der Waals surface area contributed by atoms with Crippen molar-refractivity contribution in [2.75, 3.05) is 5.32 Å². The van der Waals surface area contributed by atoms with Gasteiger partial charge in [0, 0.05) is 23.5 Å². The Morgan fingerprint density at radius 2 is 1.73 bits per heavy atom. The molecule has 0 aliphatic rings. The highest BCUT2D eigenvalue weighted by molar-refractivity contribution is 9.10. The van der Waals surface area contributed by atoms with Crippen molar-refractivity contribution in [1.82, 2.24) is 0 Å². The Hall–Kier alpha value is -1.47. The summed E-state index contributed by atoms with van der Waals surface area (Å²) >= 11 is 21.4. The van der Waals surface area contributed by atoms with E-state index in [1.807, 2.05) is 0 Å². The Bertz CT molecular complexity index is 835. The van der Waals surface area contributed by atoms with Gasteiger partial charge in [-0.1, -0.05) is 23.2 Å². The number of anilines is 1. The number of alkyl halides is 1. The van der Waals surface area contributed by atoms with Crippen LogP contribution < -0.4 is 14.8 Å². The molecule has 26 heavy (non-hydrogen) atoms. The zero-order valence-electron chi connectivity index (χ0n) is 13.6. The molecule has 0 heterocycles. The lowest BCUT2D eigenvalue weighted by Gasteiger charge is -2.13. The molecule has 0 saturated heterocycles. The number of amides is 1. The number of carbonyl (C=O) groups is 2. The van der Waals surface area contributed by atoms with Gasteiger partial charge in [-0.05, 0) is 41.1 Å². The molecule has 0 spiro atoms. The first-order chi connectivity index (χ1) is 12.2. The van der Waals surface area contributed by atoms with E-state index >= 15 is 0 Å². The molecule has 2 aromatic rings. The van der Waals surface area contributed by atoms with E-state index in [4.69, 9.17) is 44.3 Å². The van der Waals surface area contributed by atoms with Crippen LogP contribution in [0.15, 0.2) is 34.8 Å². The molecule has 0 fully saturated rings. The van der Waals surface area contributed by atoms with Crippen molar-refractivity contribution in [3.8, 4) is 17.2 Å². The Balaban J connectivity index is 2.22. The number of esters is 1. The average Bonchev–Trinajstić information content (AvgIpc) is 2.52. The van der Waals surface area contributed by atoms with Crippen LogP contribution in [-0.4, -0.2) is 17.3 Å². The van der Waals surface area contributed by atoms with Gasteiger partial charge in [0.2, 0.25) is 5.91 Å². The van der Waals surface area contributed by atoms with Gasteiger partial charge in [-0.2, -0.15) is 0 Å². The third-order valence-electron chi connectivity index (χ3n) is 3.01. The smallest absolute Gasteiger partial charge is 0.308 e. The van der Waals surface area contributed by atoms with Gasteiger partial charge in [-0.3, -0.25) is 9.59 Å². The predicted octanol–water partition coefficient (Wildman–Crippen LogP) is 6.04. The van der Waals surface area contributed by atoms with Gasteiger partial charge in [0.05, 0.1) is 15.7 Å². The van der Waals surface area contributed by atoms with E-state index in [1.54, 1.807) is 25.1 Å². The van der Waals surface area contributed by atoms with Crippen molar-refractivity contribution in [2.45, 2.75) is 19.2 Å². The monoisotopic (exact) mass is 479 g/mol. The third kappa shape index (κ3) is 5.51. The van der Waals surface area contributed by atoms with Crippen LogP contribution in [0.2, 0.25) is 10.0 Å². The second-order valence-electron chi connectivity index (χ2n) is 5.16. The fourth-order valence-electron chi connectivity index (χ4n) is 1.87. The maximum Gasteiger partial charge on any atom is 0.308 e. The molecule has 5 nitrogen and oxygen atoms in total. The number of carbonyl (C=O) groups excluding carboxylic acids is 2. The van der Waals surface area contributed by atoms with Crippen LogP contribution in [-0.2, 0) is 9.59 Å². The highest BCUT2D eigenvalue weighted by Gasteiger charge is 2.15. The summed E-state index contributed by atoms with van der Waals surface area (Å²) < 4.78 is 11.3. The zero-order valence-corrected chi connectivity index (χ0v) is 17.5. The number of rotatable bonds is 5. The standard InChI is InChI=1S/C17H13BrCl3NO4/c1-8(19)17(24)22-15-4-3-10(5-12(15)18)26-16-13(20)6-11(7-14(16)21)25-9(2)23/h3-8H,1-2H3,(H,22,24). The van der Waals surface area contributed by atoms with Crippen LogP contribution in [0.4, 0.5) is 5.69 Å². The molecule has 138 valence electrons. The van der Waals surface area contributed by atoms with E-state index in [9.17, 15) is 9.59 Å². The molecule has 0 aliphatic carbocycles. The lowest BCUT2D eigenvalue weighted by Crippen LogP contribution is -2.20. The molecule has 2 rings (SSSR count). The molecular weight excluding hydrogens is 468 g/mol. The van der Waals surface area contributed by atoms with Gasteiger partial charge in [-0.25, -0.2) is 0 Å². The highest BCUT2D eigenvalue weighted by Crippen LogP contribution is 2.40. The summed E-state index contributed by atoms with van der Waals surface area (Å²) in [6, 6.07) is 7.77. The Morgan fingerprint density at radius 1 is 1.12 bits per heavy atom. The summed E-state index contributed by atoms with van der Waals surface area (Å²) in [7, 11) is 0. The number of benzene rings is 2. The number of ether oxygens (including phenoxy) is 2. The summed E-state index contributed by atoms with van der Waals surface area (Å²) in [4.78, 5) is 22.7. The number of hydrogen-bond acceptors (Lipinski definition) is 4. The molecule has 1 atom stereocenters. The summed E-state index contributed by atoms with van der Waals surface area (Å²) in [5, 5.41) is 2.37. The maximum absolute atomic E-state index is 11.7. The molecule has 0 aliphatic heterocycles. The van der Waals surface area contributed by atoms with Gasteiger partial charge in [0.15, 0.2) is 5.75 Å². The second-order valence-corrected chi connectivity index (χ2v) is 7.48. The van der Waals surface area contributed by atoms with Gasteiger partial charge in [0.1, 0.15) is 16.9 Å². The summed E-state index contributed by atoms with van der Waals surface area (Å²) in [5.41, 5.74) is 0.539. The van der Waals surface area contributed by atoms with Crippen molar-refractivity contribution >= 4 is 68.3 Å². The first kappa shape index (κ1) is 20.8. The number of halogens is 4. The van der Waals surface area contributed by atoms with E-state index in [0.717, 1.165) is 0 Å². The zero-order chi connectivity index (χ0) is 19.4. The van der Waals surface area contributed by atoms with Gasteiger partial charge in [-0.15, -0.1) is 11.6 Å². The average molecular weight is 482 g/mol. The van der Waals surface area contributed by atoms with E-state index in [1.165, 1.54) is 19.1 Å².